The van der Waals surface area contributed by atoms with E-state index in [0.717, 1.165) is 0 Å². The minimum Gasteiger partial charge on any atom is -0.508 e. The van der Waals surface area contributed by atoms with E-state index in [-0.39, 0.29) is 17.0 Å². The summed E-state index contributed by atoms with van der Waals surface area (Å²) in [5.41, 5.74) is 2.43. The highest BCUT2D eigenvalue weighted by atomic mass is 16.6. The minimum atomic E-state index is -0.682. The summed E-state index contributed by atoms with van der Waals surface area (Å²) in [6, 6.07) is 11.9. The number of nitro benzene ring substituents is 1. The average Bonchev–Trinajstić information content (AvgIpc) is 2.47. The molecule has 0 aromatic heterocycles. The summed E-state index contributed by atoms with van der Waals surface area (Å²) >= 11 is 0. The third-order valence-electron chi connectivity index (χ3n) is 2.60. The predicted molar refractivity (Wildman–Crippen MR) is 76.3 cm³/mol. The summed E-state index contributed by atoms with van der Waals surface area (Å²) in [6.45, 7) is 0. The fourth-order valence-corrected chi connectivity index (χ4v) is 1.66. The van der Waals surface area contributed by atoms with Crippen LogP contribution in [0.4, 0.5) is 5.69 Å². The zero-order chi connectivity index (χ0) is 15.2. The smallest absolute Gasteiger partial charge is 0.282 e. The van der Waals surface area contributed by atoms with E-state index in [1.165, 1.54) is 42.6 Å². The Hall–Kier alpha value is -3.22. The van der Waals surface area contributed by atoms with Crippen molar-refractivity contribution >= 4 is 17.8 Å². The Morgan fingerprint density at radius 3 is 2.71 bits per heavy atom. The summed E-state index contributed by atoms with van der Waals surface area (Å²) in [5.74, 6) is -0.609. The Labute approximate surface area is 119 Å². The monoisotopic (exact) mass is 285 g/mol. The lowest BCUT2D eigenvalue weighted by Gasteiger charge is -2.01. The first-order valence-electron chi connectivity index (χ1n) is 5.94. The van der Waals surface area contributed by atoms with Gasteiger partial charge in [-0.05, 0) is 23.8 Å². The van der Waals surface area contributed by atoms with Gasteiger partial charge in [-0.15, -0.1) is 0 Å². The normalized spacial score (nSPS) is 10.5. The van der Waals surface area contributed by atoms with Crippen molar-refractivity contribution in [2.45, 2.75) is 0 Å². The molecule has 0 atom stereocenters. The van der Waals surface area contributed by atoms with E-state index in [1.807, 2.05) is 0 Å². The van der Waals surface area contributed by atoms with Gasteiger partial charge in [0, 0.05) is 6.07 Å². The fraction of sp³-hybridized carbons (Fsp3) is 0. The van der Waals surface area contributed by atoms with Crippen molar-refractivity contribution < 1.29 is 14.8 Å². The average molecular weight is 285 g/mol. The molecule has 2 aromatic rings. The van der Waals surface area contributed by atoms with E-state index in [2.05, 4.69) is 10.5 Å². The maximum Gasteiger partial charge on any atom is 0.282 e. The van der Waals surface area contributed by atoms with Gasteiger partial charge in [-0.2, -0.15) is 5.10 Å². The second-order valence-corrected chi connectivity index (χ2v) is 4.07. The standard InChI is InChI=1S/C14H11N3O4/c18-11-5-3-4-10(8-11)9-15-16-14(19)12-6-1-2-7-13(12)17(20)21/h1-9,18H,(H,16,19)/b15-9-. The molecule has 0 spiro atoms. The molecule has 0 saturated heterocycles. The number of benzene rings is 2. The van der Waals surface area contributed by atoms with Crippen LogP contribution in [0.15, 0.2) is 53.6 Å². The van der Waals surface area contributed by atoms with Gasteiger partial charge in [0.15, 0.2) is 0 Å². The molecule has 0 aliphatic carbocycles. The SMILES string of the molecule is O=C(N/N=C\c1cccc(O)c1)c1ccccc1[N+](=O)[O-]. The van der Waals surface area contributed by atoms with Crippen LogP contribution in [-0.4, -0.2) is 22.2 Å². The van der Waals surface area contributed by atoms with Crippen molar-refractivity contribution in [1.29, 1.82) is 0 Å². The van der Waals surface area contributed by atoms with E-state index in [0.29, 0.717) is 5.56 Å². The van der Waals surface area contributed by atoms with Crippen molar-refractivity contribution in [2.75, 3.05) is 0 Å². The van der Waals surface area contributed by atoms with Crippen LogP contribution >= 0.6 is 0 Å². The van der Waals surface area contributed by atoms with E-state index >= 15 is 0 Å². The highest BCUT2D eigenvalue weighted by Crippen LogP contribution is 2.17. The van der Waals surface area contributed by atoms with Crippen molar-refractivity contribution in [3.05, 3.63) is 69.8 Å². The molecule has 7 nitrogen and oxygen atoms in total. The number of para-hydroxylation sites is 1. The molecule has 2 rings (SSSR count). The van der Waals surface area contributed by atoms with Crippen LogP contribution in [0.25, 0.3) is 0 Å². The molecule has 0 saturated carbocycles. The summed E-state index contributed by atoms with van der Waals surface area (Å²) < 4.78 is 0. The lowest BCUT2D eigenvalue weighted by molar-refractivity contribution is -0.385. The number of nitrogens with one attached hydrogen (secondary N) is 1. The van der Waals surface area contributed by atoms with Crippen molar-refractivity contribution in [3.63, 3.8) is 0 Å². The van der Waals surface area contributed by atoms with Crippen LogP contribution in [-0.2, 0) is 0 Å². The Morgan fingerprint density at radius 1 is 1.24 bits per heavy atom. The van der Waals surface area contributed by atoms with Crippen molar-refractivity contribution in [1.82, 2.24) is 5.43 Å². The first-order chi connectivity index (χ1) is 10.1. The number of hydrazone groups is 1. The zero-order valence-corrected chi connectivity index (χ0v) is 10.8. The molecule has 0 aliphatic rings. The van der Waals surface area contributed by atoms with Crippen molar-refractivity contribution in [3.8, 4) is 5.75 Å². The van der Waals surface area contributed by atoms with Gasteiger partial charge in [0.05, 0.1) is 11.1 Å². The molecule has 2 aromatic carbocycles. The van der Waals surface area contributed by atoms with Crippen LogP contribution in [0.3, 0.4) is 0 Å². The van der Waals surface area contributed by atoms with Gasteiger partial charge in [-0.25, -0.2) is 5.43 Å². The third kappa shape index (κ3) is 3.63. The number of nitrogens with zero attached hydrogens (tertiary/aromatic N) is 2. The minimum absolute atomic E-state index is 0.0731. The Balaban J connectivity index is 2.11. The van der Waals surface area contributed by atoms with Gasteiger partial charge in [0.1, 0.15) is 11.3 Å². The maximum atomic E-state index is 11.8. The first-order valence-corrected chi connectivity index (χ1v) is 5.94. The molecule has 0 aliphatic heterocycles. The van der Waals surface area contributed by atoms with Crippen LogP contribution in [0.2, 0.25) is 0 Å². The second-order valence-electron chi connectivity index (χ2n) is 4.07. The molecular weight excluding hydrogens is 274 g/mol. The van der Waals surface area contributed by atoms with Crippen LogP contribution in [0, 0.1) is 10.1 Å². The second kappa shape index (κ2) is 6.29. The highest BCUT2D eigenvalue weighted by molar-refractivity contribution is 5.98. The Bertz CT molecular complexity index is 713. The van der Waals surface area contributed by atoms with Gasteiger partial charge >= 0.3 is 0 Å². The number of phenolic OH excluding ortho intramolecular Hbond substituents is 1. The number of rotatable bonds is 4. The van der Waals surface area contributed by atoms with Crippen LogP contribution in [0.1, 0.15) is 15.9 Å². The fourth-order valence-electron chi connectivity index (χ4n) is 1.66. The number of hydrogen-bond donors (Lipinski definition) is 2. The van der Waals surface area contributed by atoms with E-state index in [1.54, 1.807) is 12.1 Å². The van der Waals surface area contributed by atoms with Gasteiger partial charge in [0.2, 0.25) is 0 Å². The van der Waals surface area contributed by atoms with Gasteiger partial charge in [-0.1, -0.05) is 24.3 Å². The lowest BCUT2D eigenvalue weighted by atomic mass is 10.2. The molecule has 0 heterocycles. The predicted octanol–water partition coefficient (Wildman–Crippen LogP) is 2.06. The number of aromatic hydroxyl groups is 1. The van der Waals surface area contributed by atoms with Crippen molar-refractivity contribution in [2.24, 2.45) is 5.10 Å². The highest BCUT2D eigenvalue weighted by Gasteiger charge is 2.18. The molecule has 7 heteroatoms. The van der Waals surface area contributed by atoms with Crippen LogP contribution < -0.4 is 5.43 Å². The molecule has 1 amide bonds. The number of amides is 1. The van der Waals surface area contributed by atoms with Gasteiger partial charge < -0.3 is 5.11 Å². The number of carbonyl (C=O) groups excluding carboxylic acids is 1. The van der Waals surface area contributed by atoms with E-state index < -0.39 is 10.8 Å². The summed E-state index contributed by atoms with van der Waals surface area (Å²) in [5, 5.41) is 23.8. The lowest BCUT2D eigenvalue weighted by Crippen LogP contribution is -2.18. The summed E-state index contributed by atoms with van der Waals surface area (Å²) in [7, 11) is 0. The number of nitro groups is 1. The van der Waals surface area contributed by atoms with Crippen LogP contribution in [0.5, 0.6) is 5.75 Å². The Morgan fingerprint density at radius 2 is 2.00 bits per heavy atom. The number of phenols is 1. The van der Waals surface area contributed by atoms with Gasteiger partial charge in [0.25, 0.3) is 11.6 Å². The maximum absolute atomic E-state index is 11.8. The first kappa shape index (κ1) is 14.2. The number of carbonyl (C=O) groups is 1. The molecule has 0 fully saturated rings. The molecule has 0 bridgehead atoms. The van der Waals surface area contributed by atoms with E-state index in [9.17, 15) is 20.0 Å². The molecule has 2 N–H and O–H groups in total. The number of hydrogen-bond acceptors (Lipinski definition) is 5. The zero-order valence-electron chi connectivity index (χ0n) is 10.8. The Kier molecular flexibility index (Phi) is 4.25. The molecule has 0 radical (unpaired) electrons. The van der Waals surface area contributed by atoms with Gasteiger partial charge in [-0.3, -0.25) is 14.9 Å². The largest absolute Gasteiger partial charge is 0.508 e. The molecule has 106 valence electrons. The quantitative estimate of drug-likeness (QED) is 0.509. The molecule has 0 unspecified atom stereocenters. The topological polar surface area (TPSA) is 105 Å². The molecule has 21 heavy (non-hydrogen) atoms. The third-order valence-corrected chi connectivity index (χ3v) is 2.60. The molecular formula is C14H11N3O4. The summed E-state index contributed by atoms with van der Waals surface area (Å²) in [4.78, 5) is 22.0. The summed E-state index contributed by atoms with van der Waals surface area (Å²) in [6.07, 6.45) is 1.33. The van der Waals surface area contributed by atoms with E-state index in [4.69, 9.17) is 0 Å².